The Hall–Kier alpha value is -0.860. The second kappa shape index (κ2) is 5.46. The lowest BCUT2D eigenvalue weighted by Gasteiger charge is -2.27. The molecule has 1 saturated carbocycles. The van der Waals surface area contributed by atoms with E-state index >= 15 is 0 Å². The van der Waals surface area contributed by atoms with Crippen LogP contribution in [-0.4, -0.2) is 17.8 Å². The van der Waals surface area contributed by atoms with E-state index in [1.165, 1.54) is 17.5 Å². The molecule has 2 atom stereocenters. The summed E-state index contributed by atoms with van der Waals surface area (Å²) in [7, 11) is 0. The van der Waals surface area contributed by atoms with Crippen molar-refractivity contribution in [1.82, 2.24) is 0 Å². The minimum absolute atomic E-state index is 0.107. The van der Waals surface area contributed by atoms with E-state index in [1.807, 2.05) is 0 Å². The summed E-state index contributed by atoms with van der Waals surface area (Å²) < 4.78 is 0. The Balaban J connectivity index is 2.17. The van der Waals surface area contributed by atoms with Gasteiger partial charge in [0.25, 0.3) is 0 Å². The van der Waals surface area contributed by atoms with Crippen LogP contribution in [0.3, 0.4) is 0 Å². The molecule has 0 radical (unpaired) electrons. The maximum atomic E-state index is 9.74. The van der Waals surface area contributed by atoms with Crippen LogP contribution >= 0.6 is 0 Å². The summed E-state index contributed by atoms with van der Waals surface area (Å²) in [6, 6.07) is 8.54. The molecule has 0 amide bonds. The van der Waals surface area contributed by atoms with Crippen molar-refractivity contribution in [3.8, 4) is 0 Å². The van der Waals surface area contributed by atoms with Gasteiger partial charge in [-0.2, -0.15) is 0 Å². The minimum atomic E-state index is -0.107. The highest BCUT2D eigenvalue weighted by Crippen LogP contribution is 2.34. The lowest BCUT2D eigenvalue weighted by Crippen LogP contribution is -2.19. The van der Waals surface area contributed by atoms with Crippen LogP contribution in [0, 0.1) is 0 Å². The molecule has 0 spiro atoms. The first-order chi connectivity index (χ1) is 7.81. The standard InChI is InChI=1S/C14H21NO/c15-9-8-11-4-1-2-7-14(11)12-5-3-6-13(16)10-12/h1-2,4,7,12-13,16H,3,5-6,8-10,15H2. The predicted molar refractivity (Wildman–Crippen MR) is 66.4 cm³/mol. The Labute approximate surface area is 97.5 Å². The monoisotopic (exact) mass is 219 g/mol. The van der Waals surface area contributed by atoms with E-state index in [0.717, 1.165) is 25.7 Å². The van der Waals surface area contributed by atoms with Crippen molar-refractivity contribution in [2.24, 2.45) is 5.73 Å². The van der Waals surface area contributed by atoms with Gasteiger partial charge in [-0.05, 0) is 49.3 Å². The Morgan fingerprint density at radius 1 is 1.25 bits per heavy atom. The third-order valence-corrected chi connectivity index (χ3v) is 3.56. The Bertz CT molecular complexity index is 337. The third kappa shape index (κ3) is 2.63. The SMILES string of the molecule is NCCc1ccccc1C1CCCC(O)C1. The van der Waals surface area contributed by atoms with Gasteiger partial charge in [-0.1, -0.05) is 30.7 Å². The van der Waals surface area contributed by atoms with Crippen LogP contribution in [0.4, 0.5) is 0 Å². The predicted octanol–water partition coefficient (Wildman–Crippen LogP) is 2.21. The van der Waals surface area contributed by atoms with Gasteiger partial charge in [0.05, 0.1) is 6.10 Å². The Morgan fingerprint density at radius 3 is 2.81 bits per heavy atom. The summed E-state index contributed by atoms with van der Waals surface area (Å²) in [5.41, 5.74) is 8.41. The first-order valence-electron chi connectivity index (χ1n) is 6.27. The van der Waals surface area contributed by atoms with Gasteiger partial charge in [0.15, 0.2) is 0 Å². The highest BCUT2D eigenvalue weighted by Gasteiger charge is 2.22. The molecule has 3 N–H and O–H groups in total. The van der Waals surface area contributed by atoms with Crippen molar-refractivity contribution >= 4 is 0 Å². The minimum Gasteiger partial charge on any atom is -0.393 e. The van der Waals surface area contributed by atoms with Crippen LogP contribution in [0.1, 0.15) is 42.7 Å². The molecule has 0 aromatic heterocycles. The maximum absolute atomic E-state index is 9.74. The second-order valence-electron chi connectivity index (χ2n) is 4.75. The van der Waals surface area contributed by atoms with E-state index in [9.17, 15) is 5.11 Å². The number of nitrogens with two attached hydrogens (primary N) is 1. The van der Waals surface area contributed by atoms with Gasteiger partial charge in [-0.3, -0.25) is 0 Å². The number of rotatable bonds is 3. The molecule has 1 aliphatic carbocycles. The highest BCUT2D eigenvalue weighted by atomic mass is 16.3. The lowest BCUT2D eigenvalue weighted by atomic mass is 9.80. The fraction of sp³-hybridized carbons (Fsp3) is 0.571. The fourth-order valence-electron chi connectivity index (χ4n) is 2.76. The summed E-state index contributed by atoms with van der Waals surface area (Å²) in [5, 5.41) is 9.74. The van der Waals surface area contributed by atoms with E-state index < -0.39 is 0 Å². The molecule has 2 unspecified atom stereocenters. The van der Waals surface area contributed by atoms with E-state index in [0.29, 0.717) is 12.5 Å². The van der Waals surface area contributed by atoms with Gasteiger partial charge in [0, 0.05) is 0 Å². The number of aliphatic hydroxyl groups excluding tert-OH is 1. The van der Waals surface area contributed by atoms with Gasteiger partial charge < -0.3 is 10.8 Å². The molecular weight excluding hydrogens is 198 g/mol. The topological polar surface area (TPSA) is 46.2 Å². The van der Waals surface area contributed by atoms with Crippen LogP contribution in [0.25, 0.3) is 0 Å². The number of aliphatic hydroxyl groups is 1. The van der Waals surface area contributed by atoms with Crippen molar-refractivity contribution in [3.63, 3.8) is 0 Å². The fourth-order valence-corrected chi connectivity index (χ4v) is 2.76. The van der Waals surface area contributed by atoms with E-state index in [2.05, 4.69) is 24.3 Å². The van der Waals surface area contributed by atoms with Crippen LogP contribution in [0.2, 0.25) is 0 Å². The molecule has 16 heavy (non-hydrogen) atoms. The molecule has 0 aliphatic heterocycles. The zero-order chi connectivity index (χ0) is 11.4. The molecule has 0 heterocycles. The van der Waals surface area contributed by atoms with Gasteiger partial charge in [-0.15, -0.1) is 0 Å². The second-order valence-corrected chi connectivity index (χ2v) is 4.75. The summed E-state index contributed by atoms with van der Waals surface area (Å²) >= 11 is 0. The average Bonchev–Trinajstić information content (AvgIpc) is 2.30. The summed E-state index contributed by atoms with van der Waals surface area (Å²) in [6.07, 6.45) is 5.08. The number of benzene rings is 1. The normalized spacial score (nSPS) is 25.6. The first kappa shape index (κ1) is 11.6. The summed E-state index contributed by atoms with van der Waals surface area (Å²) in [5.74, 6) is 0.534. The van der Waals surface area contributed by atoms with Crippen LogP contribution in [-0.2, 0) is 6.42 Å². The summed E-state index contributed by atoms with van der Waals surface area (Å²) in [6.45, 7) is 0.701. The third-order valence-electron chi connectivity index (χ3n) is 3.56. The first-order valence-corrected chi connectivity index (χ1v) is 6.27. The molecule has 1 aliphatic rings. The average molecular weight is 219 g/mol. The van der Waals surface area contributed by atoms with Gasteiger partial charge in [-0.25, -0.2) is 0 Å². The molecule has 1 aromatic carbocycles. The highest BCUT2D eigenvalue weighted by molar-refractivity contribution is 5.31. The molecule has 0 bridgehead atoms. The Kier molecular flexibility index (Phi) is 3.97. The summed E-state index contributed by atoms with van der Waals surface area (Å²) in [4.78, 5) is 0. The number of hydrogen-bond donors (Lipinski definition) is 2. The number of hydrogen-bond acceptors (Lipinski definition) is 2. The van der Waals surface area contributed by atoms with E-state index in [4.69, 9.17) is 5.73 Å². The molecule has 1 fully saturated rings. The molecule has 2 nitrogen and oxygen atoms in total. The van der Waals surface area contributed by atoms with Crippen molar-refractivity contribution in [2.75, 3.05) is 6.54 Å². The van der Waals surface area contributed by atoms with Crippen molar-refractivity contribution in [1.29, 1.82) is 0 Å². The molecule has 2 heteroatoms. The molecular formula is C14H21NO. The van der Waals surface area contributed by atoms with E-state index in [-0.39, 0.29) is 6.10 Å². The quantitative estimate of drug-likeness (QED) is 0.818. The van der Waals surface area contributed by atoms with Crippen LogP contribution in [0.5, 0.6) is 0 Å². The van der Waals surface area contributed by atoms with Gasteiger partial charge in [0.1, 0.15) is 0 Å². The van der Waals surface area contributed by atoms with Crippen molar-refractivity contribution in [3.05, 3.63) is 35.4 Å². The Morgan fingerprint density at radius 2 is 2.06 bits per heavy atom. The zero-order valence-electron chi connectivity index (χ0n) is 9.73. The maximum Gasteiger partial charge on any atom is 0.0546 e. The molecule has 0 saturated heterocycles. The van der Waals surface area contributed by atoms with E-state index in [1.54, 1.807) is 0 Å². The van der Waals surface area contributed by atoms with Gasteiger partial charge in [0.2, 0.25) is 0 Å². The molecule has 1 aromatic rings. The lowest BCUT2D eigenvalue weighted by molar-refractivity contribution is 0.119. The largest absolute Gasteiger partial charge is 0.393 e. The van der Waals surface area contributed by atoms with Crippen LogP contribution < -0.4 is 5.73 Å². The smallest absolute Gasteiger partial charge is 0.0546 e. The van der Waals surface area contributed by atoms with Gasteiger partial charge >= 0.3 is 0 Å². The molecule has 88 valence electrons. The van der Waals surface area contributed by atoms with Crippen LogP contribution in [0.15, 0.2) is 24.3 Å². The van der Waals surface area contributed by atoms with Crippen molar-refractivity contribution < 1.29 is 5.11 Å². The zero-order valence-corrected chi connectivity index (χ0v) is 9.73. The van der Waals surface area contributed by atoms with Crippen molar-refractivity contribution in [2.45, 2.75) is 44.1 Å². The molecule has 2 rings (SSSR count).